The van der Waals surface area contributed by atoms with Crippen LogP contribution >= 0.6 is 0 Å². The summed E-state index contributed by atoms with van der Waals surface area (Å²) in [7, 11) is 1.23. The monoisotopic (exact) mass is 235 g/mol. The van der Waals surface area contributed by atoms with Gasteiger partial charge in [-0.1, -0.05) is 0 Å². The second kappa shape index (κ2) is 4.99. The molecule has 4 heteroatoms. The Morgan fingerprint density at radius 1 is 1.24 bits per heavy atom. The number of esters is 1. The van der Waals surface area contributed by atoms with Crippen LogP contribution < -0.4 is 0 Å². The number of hydrogen-bond acceptors (Lipinski definition) is 3. The molecule has 1 heterocycles. The van der Waals surface area contributed by atoms with E-state index < -0.39 is 5.97 Å². The molecule has 1 fully saturated rings. The number of carbonyl (C=O) groups excluding carboxylic acids is 2. The lowest BCUT2D eigenvalue weighted by Crippen LogP contribution is -2.27. The molecule has 1 aromatic rings. The van der Waals surface area contributed by atoms with Crippen LogP contribution in [0.15, 0.2) is 24.2 Å². The SMILES string of the molecule is [2H]c1cc(C(=O)OC)cc([2H])c1C(=O)N1CCCC1. The van der Waals surface area contributed by atoms with Gasteiger partial charge >= 0.3 is 5.97 Å². The smallest absolute Gasteiger partial charge is 0.337 e. The van der Waals surface area contributed by atoms with E-state index in [0.717, 1.165) is 12.8 Å². The van der Waals surface area contributed by atoms with Gasteiger partial charge in [0, 0.05) is 18.7 Å². The fourth-order valence-electron chi connectivity index (χ4n) is 1.82. The van der Waals surface area contributed by atoms with Crippen LogP contribution in [0.5, 0.6) is 0 Å². The summed E-state index contributed by atoms with van der Waals surface area (Å²) in [6.45, 7) is 1.33. The molecule has 0 N–H and O–H groups in total. The Balaban J connectivity index is 2.36. The minimum atomic E-state index is -0.609. The highest BCUT2D eigenvalue weighted by Crippen LogP contribution is 2.13. The molecule has 1 amide bonds. The summed E-state index contributed by atoms with van der Waals surface area (Å²) in [6, 6.07) is 2.33. The molecule has 0 radical (unpaired) electrons. The molecule has 0 aliphatic carbocycles. The molecule has 0 aromatic heterocycles. The maximum atomic E-state index is 12.2. The number of benzene rings is 1. The van der Waals surface area contributed by atoms with E-state index in [4.69, 9.17) is 2.74 Å². The first-order valence-electron chi connectivity index (χ1n) is 6.53. The van der Waals surface area contributed by atoms with Gasteiger partial charge in [-0.3, -0.25) is 4.79 Å². The van der Waals surface area contributed by atoms with Gasteiger partial charge in [-0.2, -0.15) is 0 Å². The van der Waals surface area contributed by atoms with E-state index in [1.54, 1.807) is 4.90 Å². The van der Waals surface area contributed by atoms with Gasteiger partial charge in [-0.05, 0) is 37.1 Å². The summed E-state index contributed by atoms with van der Waals surface area (Å²) in [6.07, 6.45) is 1.90. The Morgan fingerprint density at radius 2 is 1.82 bits per heavy atom. The maximum Gasteiger partial charge on any atom is 0.337 e. The van der Waals surface area contributed by atoms with Crippen molar-refractivity contribution in [2.45, 2.75) is 12.8 Å². The topological polar surface area (TPSA) is 46.6 Å². The van der Waals surface area contributed by atoms with E-state index >= 15 is 0 Å². The molecule has 0 spiro atoms. The molecule has 4 nitrogen and oxygen atoms in total. The number of ether oxygens (including phenoxy) is 1. The number of carbonyl (C=O) groups is 2. The van der Waals surface area contributed by atoms with E-state index in [1.165, 1.54) is 19.2 Å². The lowest BCUT2D eigenvalue weighted by Gasteiger charge is -2.15. The van der Waals surface area contributed by atoms with Crippen LogP contribution in [-0.2, 0) is 4.74 Å². The maximum absolute atomic E-state index is 12.2. The average Bonchev–Trinajstić information content (AvgIpc) is 2.90. The van der Waals surface area contributed by atoms with Gasteiger partial charge < -0.3 is 9.64 Å². The van der Waals surface area contributed by atoms with Crippen LogP contribution in [0.1, 0.15) is 36.3 Å². The lowest BCUT2D eigenvalue weighted by atomic mass is 10.1. The summed E-state index contributed by atoms with van der Waals surface area (Å²) in [4.78, 5) is 25.2. The quantitative estimate of drug-likeness (QED) is 0.733. The third kappa shape index (κ3) is 2.46. The molecular weight excluding hydrogens is 218 g/mol. The second-order valence-corrected chi connectivity index (χ2v) is 3.90. The molecule has 2 rings (SSSR count). The summed E-state index contributed by atoms with van der Waals surface area (Å²) >= 11 is 0. The van der Waals surface area contributed by atoms with Crippen LogP contribution in [0.4, 0.5) is 0 Å². The second-order valence-electron chi connectivity index (χ2n) is 3.90. The molecule has 1 aromatic carbocycles. The molecule has 0 unspecified atom stereocenters. The van der Waals surface area contributed by atoms with Gasteiger partial charge in [-0.15, -0.1) is 0 Å². The highest BCUT2D eigenvalue weighted by molar-refractivity contribution is 5.96. The standard InChI is InChI=1S/C13H15NO3/c1-17-13(16)11-6-4-10(5-7-11)12(15)14-8-2-3-9-14/h4-7H,2-3,8-9H2,1H3/i4D,5D. The van der Waals surface area contributed by atoms with Gasteiger partial charge in [0.25, 0.3) is 5.91 Å². The zero-order valence-corrected chi connectivity index (χ0v) is 9.66. The van der Waals surface area contributed by atoms with Crippen molar-refractivity contribution in [2.75, 3.05) is 20.2 Å². The molecular formula is C13H15NO3. The number of hydrogen-bond donors (Lipinski definition) is 0. The summed E-state index contributed by atoms with van der Waals surface area (Å²) in [5.74, 6) is -0.911. The molecule has 90 valence electrons. The van der Waals surface area contributed by atoms with Gasteiger partial charge in [0.1, 0.15) is 0 Å². The minimum Gasteiger partial charge on any atom is -0.465 e. The Hall–Kier alpha value is -1.84. The number of nitrogens with zero attached hydrogens (tertiary/aromatic N) is 1. The Bertz CT molecular complexity index is 502. The van der Waals surface area contributed by atoms with Crippen LogP contribution in [-0.4, -0.2) is 37.0 Å². The van der Waals surface area contributed by atoms with Crippen molar-refractivity contribution in [3.63, 3.8) is 0 Å². The average molecular weight is 235 g/mol. The van der Waals surface area contributed by atoms with Crippen LogP contribution in [0.25, 0.3) is 0 Å². The number of likely N-dealkylation sites (tertiary alicyclic amines) is 1. The van der Waals surface area contributed by atoms with E-state index in [2.05, 4.69) is 4.74 Å². The highest BCUT2D eigenvalue weighted by Gasteiger charge is 2.19. The predicted octanol–water partition coefficient (Wildman–Crippen LogP) is 1.71. The first-order chi connectivity index (χ1) is 9.04. The summed E-state index contributed by atoms with van der Waals surface area (Å²) in [5, 5.41) is 0. The Kier molecular flexibility index (Phi) is 2.71. The molecule has 0 atom stereocenters. The van der Waals surface area contributed by atoms with Crippen LogP contribution in [0.2, 0.25) is 0 Å². The molecule has 1 aliphatic rings. The fourth-order valence-corrected chi connectivity index (χ4v) is 1.82. The molecule has 0 saturated carbocycles. The zero-order valence-electron chi connectivity index (χ0n) is 11.7. The van der Waals surface area contributed by atoms with Gasteiger partial charge in [0.05, 0.1) is 15.4 Å². The van der Waals surface area contributed by atoms with Crippen LogP contribution in [0.3, 0.4) is 0 Å². The van der Waals surface area contributed by atoms with Gasteiger partial charge in [0.15, 0.2) is 0 Å². The molecule has 1 aliphatic heterocycles. The third-order valence-corrected chi connectivity index (χ3v) is 2.77. The van der Waals surface area contributed by atoms with Crippen molar-refractivity contribution in [3.05, 3.63) is 35.3 Å². The van der Waals surface area contributed by atoms with Crippen molar-refractivity contribution in [1.29, 1.82) is 0 Å². The largest absolute Gasteiger partial charge is 0.465 e. The van der Waals surface area contributed by atoms with E-state index in [9.17, 15) is 9.59 Å². The van der Waals surface area contributed by atoms with Crippen molar-refractivity contribution < 1.29 is 17.1 Å². The van der Waals surface area contributed by atoms with Gasteiger partial charge in [-0.25, -0.2) is 4.79 Å². The van der Waals surface area contributed by atoms with Crippen molar-refractivity contribution in [3.8, 4) is 0 Å². The lowest BCUT2D eigenvalue weighted by molar-refractivity contribution is 0.0600. The molecule has 0 bridgehead atoms. The van der Waals surface area contributed by atoms with Crippen molar-refractivity contribution in [2.24, 2.45) is 0 Å². The highest BCUT2D eigenvalue weighted by atomic mass is 16.5. The van der Waals surface area contributed by atoms with Crippen LogP contribution in [0, 0.1) is 0 Å². The first-order valence-corrected chi connectivity index (χ1v) is 5.53. The zero-order chi connectivity index (χ0) is 14.0. The first kappa shape index (κ1) is 9.22. The number of rotatable bonds is 2. The molecule has 17 heavy (non-hydrogen) atoms. The Morgan fingerprint density at radius 3 is 2.35 bits per heavy atom. The van der Waals surface area contributed by atoms with Crippen molar-refractivity contribution in [1.82, 2.24) is 4.90 Å². The Labute approximate surface area is 103 Å². The molecule has 1 saturated heterocycles. The predicted molar refractivity (Wildman–Crippen MR) is 62.9 cm³/mol. The van der Waals surface area contributed by atoms with Crippen molar-refractivity contribution >= 4 is 11.9 Å². The van der Waals surface area contributed by atoms with Gasteiger partial charge in [0.2, 0.25) is 0 Å². The van der Waals surface area contributed by atoms with E-state index in [0.29, 0.717) is 13.1 Å². The number of amides is 1. The summed E-state index contributed by atoms with van der Waals surface area (Å²) < 4.78 is 20.2. The third-order valence-electron chi connectivity index (χ3n) is 2.77. The number of methoxy groups -OCH3 is 1. The normalized spacial score (nSPS) is 16.4. The minimum absolute atomic E-state index is 0.0505. The summed E-state index contributed by atoms with van der Waals surface area (Å²) in [5.41, 5.74) is 0.171. The van der Waals surface area contributed by atoms with E-state index in [1.807, 2.05) is 0 Å². The fraction of sp³-hybridized carbons (Fsp3) is 0.385. The van der Waals surface area contributed by atoms with E-state index in [-0.39, 0.29) is 29.1 Å².